The van der Waals surface area contributed by atoms with Gasteiger partial charge in [-0.05, 0) is 30.8 Å². The zero-order valence-corrected chi connectivity index (χ0v) is 17.9. The molecule has 0 saturated carbocycles. The zero-order valence-electron chi connectivity index (χ0n) is 16.3. The van der Waals surface area contributed by atoms with Gasteiger partial charge in [0.1, 0.15) is 0 Å². The van der Waals surface area contributed by atoms with E-state index in [-0.39, 0.29) is 10.8 Å². The summed E-state index contributed by atoms with van der Waals surface area (Å²) in [5.41, 5.74) is 1.45. The number of carbonyl (C=O) groups is 1. The van der Waals surface area contributed by atoms with Crippen LogP contribution >= 0.6 is 11.3 Å². The third kappa shape index (κ3) is 4.36. The van der Waals surface area contributed by atoms with Crippen LogP contribution in [0.25, 0.3) is 0 Å². The van der Waals surface area contributed by atoms with E-state index in [0.29, 0.717) is 37.0 Å². The molecule has 10 heteroatoms. The summed E-state index contributed by atoms with van der Waals surface area (Å²) in [7, 11) is -3.57. The Labute approximate surface area is 174 Å². The second-order valence-electron chi connectivity index (χ2n) is 7.00. The number of benzene rings is 1. The number of likely N-dealkylation sites (N-methyl/N-ethyl adjacent to an activating group) is 1. The first-order chi connectivity index (χ1) is 14.0. The molecule has 2 aliphatic rings. The number of sulfonamides is 1. The quantitative estimate of drug-likeness (QED) is 0.768. The minimum Gasteiger partial charge on any atom is -0.379 e. The van der Waals surface area contributed by atoms with Gasteiger partial charge in [-0.25, -0.2) is 13.4 Å². The highest BCUT2D eigenvalue weighted by molar-refractivity contribution is 7.89. The van der Waals surface area contributed by atoms with Crippen molar-refractivity contribution in [1.82, 2.24) is 14.2 Å². The number of thiazole rings is 1. The molecular formula is C19H24N4O4S2. The van der Waals surface area contributed by atoms with E-state index in [4.69, 9.17) is 4.74 Å². The van der Waals surface area contributed by atoms with Crippen LogP contribution in [0.3, 0.4) is 0 Å². The van der Waals surface area contributed by atoms with Crippen LogP contribution in [0.5, 0.6) is 0 Å². The lowest BCUT2D eigenvalue weighted by molar-refractivity contribution is 0.0730. The molecule has 1 N–H and O–H groups in total. The van der Waals surface area contributed by atoms with Crippen LogP contribution in [-0.2, 0) is 27.7 Å². The Kier molecular flexibility index (Phi) is 5.98. The van der Waals surface area contributed by atoms with E-state index in [1.54, 1.807) is 0 Å². The predicted molar refractivity (Wildman–Crippen MR) is 111 cm³/mol. The standard InChI is InChI=1S/C19H24N4O4S2/c1-2-22-8-7-16-17(13-22)28-19(20-16)21-18(24)14-3-5-15(6-4-14)29(25,26)23-9-11-27-12-10-23/h3-6H,2,7-13H2,1H3,(H,20,21,24). The molecule has 1 aromatic heterocycles. The Hall–Kier alpha value is -1.85. The molecule has 0 atom stereocenters. The van der Waals surface area contributed by atoms with Crippen molar-refractivity contribution in [3.63, 3.8) is 0 Å². The van der Waals surface area contributed by atoms with E-state index in [0.717, 1.165) is 31.7 Å². The first-order valence-corrected chi connectivity index (χ1v) is 11.9. The fourth-order valence-corrected chi connectivity index (χ4v) is 5.91. The van der Waals surface area contributed by atoms with Crippen molar-refractivity contribution in [2.75, 3.05) is 44.7 Å². The summed E-state index contributed by atoms with van der Waals surface area (Å²) >= 11 is 1.50. The molecule has 1 saturated heterocycles. The first-order valence-electron chi connectivity index (χ1n) is 9.67. The SMILES string of the molecule is CCN1CCc2nc(NC(=O)c3ccc(S(=O)(=O)N4CCOCC4)cc3)sc2C1. The van der Waals surface area contributed by atoms with Crippen LogP contribution in [0.2, 0.25) is 0 Å². The molecule has 8 nitrogen and oxygen atoms in total. The lowest BCUT2D eigenvalue weighted by Crippen LogP contribution is -2.40. The number of morpholine rings is 1. The molecule has 0 spiro atoms. The Bertz CT molecular complexity index is 982. The van der Waals surface area contributed by atoms with Crippen molar-refractivity contribution < 1.29 is 17.9 Å². The number of rotatable bonds is 5. The lowest BCUT2D eigenvalue weighted by Gasteiger charge is -2.26. The third-order valence-electron chi connectivity index (χ3n) is 5.20. The molecule has 1 amide bonds. The molecule has 0 unspecified atom stereocenters. The highest BCUT2D eigenvalue weighted by Crippen LogP contribution is 2.28. The smallest absolute Gasteiger partial charge is 0.257 e. The summed E-state index contributed by atoms with van der Waals surface area (Å²) < 4.78 is 32.0. The van der Waals surface area contributed by atoms with E-state index in [1.165, 1.54) is 44.8 Å². The topological polar surface area (TPSA) is 91.8 Å². The average molecular weight is 437 g/mol. The molecule has 29 heavy (non-hydrogen) atoms. The summed E-state index contributed by atoms with van der Waals surface area (Å²) in [5, 5.41) is 3.43. The van der Waals surface area contributed by atoms with Crippen LogP contribution in [0.1, 0.15) is 27.9 Å². The Morgan fingerprint density at radius 2 is 1.93 bits per heavy atom. The number of nitrogens with one attached hydrogen (secondary N) is 1. The maximum Gasteiger partial charge on any atom is 0.257 e. The van der Waals surface area contributed by atoms with Crippen LogP contribution in [0, 0.1) is 0 Å². The Morgan fingerprint density at radius 1 is 1.21 bits per heavy atom. The molecule has 3 heterocycles. The summed E-state index contributed by atoms with van der Waals surface area (Å²) in [5.74, 6) is -0.293. The second kappa shape index (κ2) is 8.49. The van der Waals surface area contributed by atoms with Gasteiger partial charge in [0.2, 0.25) is 10.0 Å². The van der Waals surface area contributed by atoms with Crippen LogP contribution in [-0.4, -0.2) is 67.9 Å². The normalized spacial score (nSPS) is 18.4. The van der Waals surface area contributed by atoms with E-state index in [2.05, 4.69) is 22.1 Å². The molecule has 156 valence electrons. The van der Waals surface area contributed by atoms with Crippen molar-refractivity contribution in [1.29, 1.82) is 0 Å². The van der Waals surface area contributed by atoms with Crippen molar-refractivity contribution in [2.45, 2.75) is 24.8 Å². The van der Waals surface area contributed by atoms with Crippen LogP contribution in [0.15, 0.2) is 29.2 Å². The number of hydrogen-bond acceptors (Lipinski definition) is 7. The maximum absolute atomic E-state index is 12.7. The first kappa shape index (κ1) is 20.4. The van der Waals surface area contributed by atoms with Gasteiger partial charge in [0, 0.05) is 43.0 Å². The molecular weight excluding hydrogens is 412 g/mol. The van der Waals surface area contributed by atoms with Gasteiger partial charge in [0.15, 0.2) is 5.13 Å². The number of amides is 1. The highest BCUT2D eigenvalue weighted by atomic mass is 32.2. The van der Waals surface area contributed by atoms with Gasteiger partial charge >= 0.3 is 0 Å². The van der Waals surface area contributed by atoms with Crippen molar-refractivity contribution >= 4 is 32.4 Å². The Morgan fingerprint density at radius 3 is 2.62 bits per heavy atom. The van der Waals surface area contributed by atoms with Gasteiger partial charge < -0.3 is 4.74 Å². The van der Waals surface area contributed by atoms with E-state index < -0.39 is 10.0 Å². The molecule has 0 radical (unpaired) electrons. The maximum atomic E-state index is 12.7. The number of hydrogen-bond donors (Lipinski definition) is 1. The molecule has 0 aliphatic carbocycles. The molecule has 0 bridgehead atoms. The Balaban J connectivity index is 1.44. The number of anilines is 1. The van der Waals surface area contributed by atoms with Gasteiger partial charge in [0.25, 0.3) is 5.91 Å². The van der Waals surface area contributed by atoms with Gasteiger partial charge in [0.05, 0.1) is 23.8 Å². The molecule has 2 aliphatic heterocycles. The van der Waals surface area contributed by atoms with Gasteiger partial charge in [-0.3, -0.25) is 15.0 Å². The van der Waals surface area contributed by atoms with Crippen LogP contribution in [0.4, 0.5) is 5.13 Å². The average Bonchev–Trinajstić information content (AvgIpc) is 3.15. The summed E-state index contributed by atoms with van der Waals surface area (Å²) in [6.45, 7) is 6.47. The van der Waals surface area contributed by atoms with Crippen molar-refractivity contribution in [2.24, 2.45) is 0 Å². The largest absolute Gasteiger partial charge is 0.379 e. The van der Waals surface area contributed by atoms with Crippen molar-refractivity contribution in [3.05, 3.63) is 40.4 Å². The highest BCUT2D eigenvalue weighted by Gasteiger charge is 2.26. The minimum atomic E-state index is -3.57. The number of aromatic nitrogens is 1. The lowest BCUT2D eigenvalue weighted by atomic mass is 10.2. The number of carbonyl (C=O) groups excluding carboxylic acids is 1. The zero-order chi connectivity index (χ0) is 20.4. The molecule has 1 aromatic carbocycles. The van der Waals surface area contributed by atoms with E-state index in [1.807, 2.05) is 0 Å². The summed E-state index contributed by atoms with van der Waals surface area (Å²) in [4.78, 5) is 20.8. The van der Waals surface area contributed by atoms with Gasteiger partial charge in [-0.15, -0.1) is 11.3 Å². The van der Waals surface area contributed by atoms with E-state index >= 15 is 0 Å². The fraction of sp³-hybridized carbons (Fsp3) is 0.474. The van der Waals surface area contributed by atoms with E-state index in [9.17, 15) is 13.2 Å². The summed E-state index contributed by atoms with van der Waals surface area (Å²) in [6.07, 6.45) is 0.893. The summed E-state index contributed by atoms with van der Waals surface area (Å²) in [6, 6.07) is 6.03. The minimum absolute atomic E-state index is 0.181. The number of nitrogens with zero attached hydrogens (tertiary/aromatic N) is 3. The fourth-order valence-electron chi connectivity index (χ4n) is 3.46. The molecule has 1 fully saturated rings. The van der Waals surface area contributed by atoms with Crippen LogP contribution < -0.4 is 5.32 Å². The van der Waals surface area contributed by atoms with Gasteiger partial charge in [-0.2, -0.15) is 4.31 Å². The monoisotopic (exact) mass is 436 g/mol. The third-order valence-corrected chi connectivity index (χ3v) is 8.11. The predicted octanol–water partition coefficient (Wildman–Crippen LogP) is 1.79. The van der Waals surface area contributed by atoms with Gasteiger partial charge in [-0.1, -0.05) is 6.92 Å². The number of fused-ring (bicyclic) bond motifs is 1. The van der Waals surface area contributed by atoms with Crippen molar-refractivity contribution in [3.8, 4) is 0 Å². The number of ether oxygens (including phenoxy) is 1. The molecule has 2 aromatic rings. The molecule has 4 rings (SSSR count). The second-order valence-corrected chi connectivity index (χ2v) is 10.0.